The highest BCUT2D eigenvalue weighted by atomic mass is 16.3. The van der Waals surface area contributed by atoms with E-state index < -0.39 is 11.0 Å². The molecule has 0 spiro atoms. The van der Waals surface area contributed by atoms with Crippen LogP contribution in [0.1, 0.15) is 38.1 Å². The number of aliphatic hydroxyl groups is 1. The van der Waals surface area contributed by atoms with Crippen LogP contribution in [0.5, 0.6) is 0 Å². The van der Waals surface area contributed by atoms with Gasteiger partial charge in [-0.1, -0.05) is 44.2 Å². The van der Waals surface area contributed by atoms with Crippen LogP contribution in [0, 0.1) is 5.41 Å². The van der Waals surface area contributed by atoms with Gasteiger partial charge in [0.1, 0.15) is 0 Å². The molecule has 0 aliphatic carbocycles. The molecule has 0 heterocycles. The van der Waals surface area contributed by atoms with E-state index in [0.29, 0.717) is 13.1 Å². The number of ketones is 1. The highest BCUT2D eigenvalue weighted by Crippen LogP contribution is 2.23. The molecule has 0 saturated carbocycles. The van der Waals surface area contributed by atoms with E-state index in [9.17, 15) is 9.90 Å². The maximum absolute atomic E-state index is 12.5. The van der Waals surface area contributed by atoms with Gasteiger partial charge in [0.05, 0.1) is 5.60 Å². The fourth-order valence-electron chi connectivity index (χ4n) is 2.44. The standard InChI is InChI=1S/C16H25NO2/c1-15(2,11-17(5)12-16(3,4)19)14(18)13-9-7-6-8-10-13/h6-10,19H,11-12H2,1-5H3. The van der Waals surface area contributed by atoms with E-state index in [4.69, 9.17) is 0 Å². The summed E-state index contributed by atoms with van der Waals surface area (Å²) >= 11 is 0. The van der Waals surface area contributed by atoms with Gasteiger partial charge in [-0.2, -0.15) is 0 Å². The van der Waals surface area contributed by atoms with Crippen LogP contribution in [0.25, 0.3) is 0 Å². The molecule has 106 valence electrons. The van der Waals surface area contributed by atoms with E-state index in [1.165, 1.54) is 0 Å². The second kappa shape index (κ2) is 5.85. The van der Waals surface area contributed by atoms with Crippen LogP contribution >= 0.6 is 0 Å². The van der Waals surface area contributed by atoms with Crippen LogP contribution in [-0.2, 0) is 0 Å². The second-order valence-electron chi connectivity index (χ2n) is 6.56. The van der Waals surface area contributed by atoms with Crippen molar-refractivity contribution in [3.8, 4) is 0 Å². The van der Waals surface area contributed by atoms with E-state index in [0.717, 1.165) is 5.56 Å². The van der Waals surface area contributed by atoms with Crippen molar-refractivity contribution < 1.29 is 9.90 Å². The Morgan fingerprint density at radius 3 is 2.11 bits per heavy atom. The maximum Gasteiger partial charge on any atom is 0.169 e. The van der Waals surface area contributed by atoms with Crippen molar-refractivity contribution in [3.05, 3.63) is 35.9 Å². The molecule has 0 unspecified atom stereocenters. The zero-order valence-corrected chi connectivity index (χ0v) is 12.6. The number of benzene rings is 1. The molecular weight excluding hydrogens is 238 g/mol. The van der Waals surface area contributed by atoms with Crippen molar-refractivity contribution >= 4 is 5.78 Å². The van der Waals surface area contributed by atoms with Crippen molar-refractivity contribution in [1.82, 2.24) is 4.90 Å². The number of hydrogen-bond donors (Lipinski definition) is 1. The summed E-state index contributed by atoms with van der Waals surface area (Å²) in [5.41, 5.74) is -0.480. The summed E-state index contributed by atoms with van der Waals surface area (Å²) < 4.78 is 0. The number of nitrogens with zero attached hydrogens (tertiary/aromatic N) is 1. The van der Waals surface area contributed by atoms with Crippen molar-refractivity contribution in [3.63, 3.8) is 0 Å². The average Bonchev–Trinajstić information content (AvgIpc) is 2.25. The van der Waals surface area contributed by atoms with Gasteiger partial charge in [-0.25, -0.2) is 0 Å². The SMILES string of the molecule is CN(CC(C)(C)O)CC(C)(C)C(=O)c1ccccc1. The van der Waals surface area contributed by atoms with E-state index in [-0.39, 0.29) is 5.78 Å². The average molecular weight is 263 g/mol. The maximum atomic E-state index is 12.5. The fraction of sp³-hybridized carbons (Fsp3) is 0.562. The first-order chi connectivity index (χ1) is 8.62. The summed E-state index contributed by atoms with van der Waals surface area (Å²) in [5, 5.41) is 9.81. The Balaban J connectivity index is 2.73. The molecular formula is C16H25NO2. The van der Waals surface area contributed by atoms with Crippen molar-refractivity contribution in [1.29, 1.82) is 0 Å². The topological polar surface area (TPSA) is 40.5 Å². The Labute approximate surface area is 116 Å². The third kappa shape index (κ3) is 5.13. The minimum absolute atomic E-state index is 0.135. The molecule has 0 aliphatic rings. The predicted molar refractivity (Wildman–Crippen MR) is 78.3 cm³/mol. The number of likely N-dealkylation sites (N-methyl/N-ethyl adjacent to an activating group) is 1. The molecule has 0 atom stereocenters. The van der Waals surface area contributed by atoms with Gasteiger partial charge in [-0.3, -0.25) is 4.79 Å². The third-order valence-electron chi connectivity index (χ3n) is 2.97. The van der Waals surface area contributed by atoms with E-state index in [1.54, 1.807) is 13.8 Å². The molecule has 0 amide bonds. The Morgan fingerprint density at radius 2 is 1.63 bits per heavy atom. The van der Waals surface area contributed by atoms with Crippen LogP contribution in [-0.4, -0.2) is 41.5 Å². The smallest absolute Gasteiger partial charge is 0.169 e. The second-order valence-corrected chi connectivity index (χ2v) is 6.56. The zero-order chi connectivity index (χ0) is 14.7. The summed E-state index contributed by atoms with van der Waals surface area (Å²) in [6, 6.07) is 9.36. The largest absolute Gasteiger partial charge is 0.389 e. The zero-order valence-electron chi connectivity index (χ0n) is 12.6. The lowest BCUT2D eigenvalue weighted by Crippen LogP contribution is -2.43. The molecule has 1 aromatic rings. The van der Waals surface area contributed by atoms with Gasteiger partial charge in [-0.05, 0) is 20.9 Å². The lowest BCUT2D eigenvalue weighted by Gasteiger charge is -2.32. The minimum Gasteiger partial charge on any atom is -0.389 e. The number of carbonyl (C=O) groups excluding carboxylic acids is 1. The molecule has 19 heavy (non-hydrogen) atoms. The Kier molecular flexibility index (Phi) is 4.88. The highest BCUT2D eigenvalue weighted by molar-refractivity contribution is 6.00. The summed E-state index contributed by atoms with van der Waals surface area (Å²) in [6.07, 6.45) is 0. The molecule has 3 nitrogen and oxygen atoms in total. The Hall–Kier alpha value is -1.19. The molecule has 0 aliphatic heterocycles. The molecule has 0 radical (unpaired) electrons. The number of rotatable bonds is 6. The molecule has 0 bridgehead atoms. The normalized spacial score (nSPS) is 12.8. The number of carbonyl (C=O) groups is 1. The van der Waals surface area contributed by atoms with Crippen molar-refractivity contribution in [2.75, 3.05) is 20.1 Å². The molecule has 1 aromatic carbocycles. The van der Waals surface area contributed by atoms with E-state index >= 15 is 0 Å². The first kappa shape index (κ1) is 15.9. The fourth-order valence-corrected chi connectivity index (χ4v) is 2.44. The third-order valence-corrected chi connectivity index (χ3v) is 2.97. The van der Waals surface area contributed by atoms with Crippen molar-refractivity contribution in [2.45, 2.75) is 33.3 Å². The number of hydrogen-bond acceptors (Lipinski definition) is 3. The molecule has 0 aromatic heterocycles. The van der Waals surface area contributed by atoms with Crippen LogP contribution in [0.15, 0.2) is 30.3 Å². The van der Waals surface area contributed by atoms with E-state index in [2.05, 4.69) is 0 Å². The van der Waals surface area contributed by atoms with Gasteiger partial charge in [0, 0.05) is 24.1 Å². The molecule has 0 fully saturated rings. The van der Waals surface area contributed by atoms with Gasteiger partial charge in [0.15, 0.2) is 5.78 Å². The number of Topliss-reactive ketones (excluding diaryl/α,β-unsaturated/α-hetero) is 1. The summed E-state index contributed by atoms with van der Waals surface area (Å²) in [6.45, 7) is 8.60. The lowest BCUT2D eigenvalue weighted by molar-refractivity contribution is 0.0327. The van der Waals surface area contributed by atoms with Gasteiger partial charge in [0.2, 0.25) is 0 Å². The van der Waals surface area contributed by atoms with Crippen LogP contribution < -0.4 is 0 Å². The van der Waals surface area contributed by atoms with Crippen LogP contribution in [0.2, 0.25) is 0 Å². The van der Waals surface area contributed by atoms with Gasteiger partial charge in [0.25, 0.3) is 0 Å². The molecule has 0 saturated heterocycles. The van der Waals surface area contributed by atoms with Gasteiger partial charge >= 0.3 is 0 Å². The van der Waals surface area contributed by atoms with Crippen molar-refractivity contribution in [2.24, 2.45) is 5.41 Å². The molecule has 1 rings (SSSR count). The first-order valence-corrected chi connectivity index (χ1v) is 6.63. The Bertz CT molecular complexity index is 418. The summed E-state index contributed by atoms with van der Waals surface area (Å²) in [4.78, 5) is 14.5. The quantitative estimate of drug-likeness (QED) is 0.802. The summed E-state index contributed by atoms with van der Waals surface area (Å²) in [7, 11) is 1.93. The van der Waals surface area contributed by atoms with Crippen LogP contribution in [0.3, 0.4) is 0 Å². The monoisotopic (exact) mass is 263 g/mol. The van der Waals surface area contributed by atoms with Gasteiger partial charge < -0.3 is 10.0 Å². The van der Waals surface area contributed by atoms with Crippen LogP contribution in [0.4, 0.5) is 0 Å². The van der Waals surface area contributed by atoms with Gasteiger partial charge in [-0.15, -0.1) is 0 Å². The lowest BCUT2D eigenvalue weighted by atomic mass is 9.83. The highest BCUT2D eigenvalue weighted by Gasteiger charge is 2.31. The van der Waals surface area contributed by atoms with E-state index in [1.807, 2.05) is 56.1 Å². The molecule has 3 heteroatoms. The minimum atomic E-state index is -0.749. The predicted octanol–water partition coefficient (Wildman–Crippen LogP) is 2.60. The molecule has 1 N–H and O–H groups in total. The summed E-state index contributed by atoms with van der Waals surface area (Å²) in [5.74, 6) is 0.135. The Morgan fingerprint density at radius 1 is 1.11 bits per heavy atom. The first-order valence-electron chi connectivity index (χ1n) is 6.63.